The second kappa shape index (κ2) is 6.95. The molecule has 1 aliphatic carbocycles. The number of likely N-dealkylation sites (tertiary alicyclic amines) is 1. The van der Waals surface area contributed by atoms with Crippen LogP contribution in [0.25, 0.3) is 0 Å². The highest BCUT2D eigenvalue weighted by Crippen LogP contribution is 2.36. The second-order valence-corrected chi connectivity index (χ2v) is 6.91. The van der Waals surface area contributed by atoms with Gasteiger partial charge in [-0.25, -0.2) is 9.97 Å². The Hall–Kier alpha value is -2.22. The summed E-state index contributed by atoms with van der Waals surface area (Å²) in [4.78, 5) is 13.7. The smallest absolute Gasteiger partial charge is 0.218 e. The van der Waals surface area contributed by atoms with Gasteiger partial charge in [0.15, 0.2) is 0 Å². The minimum Gasteiger partial charge on any atom is -0.481 e. The number of aromatic nitrogens is 5. The number of aryl methyl sites for hydroxylation is 1. The number of anilines is 1. The first-order valence-electron chi connectivity index (χ1n) is 8.95. The summed E-state index contributed by atoms with van der Waals surface area (Å²) in [6, 6.07) is 3.12. The first kappa shape index (κ1) is 16.3. The van der Waals surface area contributed by atoms with Crippen LogP contribution >= 0.6 is 0 Å². The topological polar surface area (TPSA) is 72.2 Å². The van der Waals surface area contributed by atoms with Gasteiger partial charge in [-0.05, 0) is 25.7 Å². The van der Waals surface area contributed by atoms with Gasteiger partial charge in [-0.3, -0.25) is 9.58 Å². The van der Waals surface area contributed by atoms with Crippen molar-refractivity contribution in [2.24, 2.45) is 7.05 Å². The lowest BCUT2D eigenvalue weighted by Crippen LogP contribution is -2.46. The lowest BCUT2D eigenvalue weighted by molar-refractivity contribution is 0.196. The number of hydrogen-bond donors (Lipinski definition) is 0. The fraction of sp³-hybridized carbons (Fsp3) is 0.647. The normalized spacial score (nSPS) is 19.1. The second-order valence-electron chi connectivity index (χ2n) is 6.91. The predicted octanol–water partition coefficient (Wildman–Crippen LogP) is 1.25. The van der Waals surface area contributed by atoms with E-state index in [1.54, 1.807) is 13.4 Å². The summed E-state index contributed by atoms with van der Waals surface area (Å²) in [5, 5.41) is 7.99. The number of nitrogens with zero attached hydrogens (tertiary/aromatic N) is 7. The Labute approximate surface area is 147 Å². The molecule has 0 amide bonds. The number of ether oxygens (including phenoxy) is 1. The van der Waals surface area contributed by atoms with Gasteiger partial charge in [0.05, 0.1) is 19.0 Å². The molecule has 0 N–H and O–H groups in total. The average Bonchev–Trinajstić information content (AvgIpc) is 3.40. The van der Waals surface area contributed by atoms with E-state index in [4.69, 9.17) is 4.74 Å². The molecule has 2 aliphatic rings. The fourth-order valence-electron chi connectivity index (χ4n) is 3.65. The van der Waals surface area contributed by atoms with Crippen LogP contribution in [0.15, 0.2) is 18.6 Å². The summed E-state index contributed by atoms with van der Waals surface area (Å²) in [5.41, 5.74) is 1.16. The van der Waals surface area contributed by atoms with Crippen LogP contribution < -0.4 is 9.64 Å². The molecule has 0 unspecified atom stereocenters. The summed E-state index contributed by atoms with van der Waals surface area (Å²) in [7, 11) is 3.60. The Kier molecular flexibility index (Phi) is 4.52. The maximum atomic E-state index is 5.28. The van der Waals surface area contributed by atoms with Crippen LogP contribution in [0.4, 0.5) is 5.82 Å². The molecule has 0 aromatic carbocycles. The van der Waals surface area contributed by atoms with Gasteiger partial charge in [-0.1, -0.05) is 5.21 Å². The molecule has 0 atom stereocenters. The molecule has 0 bridgehead atoms. The lowest BCUT2D eigenvalue weighted by atomic mass is 10.0. The van der Waals surface area contributed by atoms with Gasteiger partial charge in [0.1, 0.15) is 12.1 Å². The SMILES string of the molecule is COc1cc(N(C2CC2)C2CCN(Cc3cnnn3C)CC2)ncn1. The van der Waals surface area contributed by atoms with Gasteiger partial charge in [0.2, 0.25) is 5.88 Å². The monoisotopic (exact) mass is 343 g/mol. The van der Waals surface area contributed by atoms with Crippen LogP contribution in [-0.2, 0) is 13.6 Å². The van der Waals surface area contributed by atoms with Crippen molar-refractivity contribution in [3.8, 4) is 5.88 Å². The van der Waals surface area contributed by atoms with Crippen LogP contribution in [0.2, 0.25) is 0 Å². The van der Waals surface area contributed by atoms with E-state index < -0.39 is 0 Å². The molecule has 0 spiro atoms. The van der Waals surface area contributed by atoms with Gasteiger partial charge >= 0.3 is 0 Å². The van der Waals surface area contributed by atoms with E-state index in [1.807, 2.05) is 24.0 Å². The van der Waals surface area contributed by atoms with E-state index in [9.17, 15) is 0 Å². The van der Waals surface area contributed by atoms with Crippen molar-refractivity contribution in [2.75, 3.05) is 25.1 Å². The highest BCUT2D eigenvalue weighted by atomic mass is 16.5. The Balaban J connectivity index is 1.41. The van der Waals surface area contributed by atoms with Gasteiger partial charge in [-0.2, -0.15) is 0 Å². The number of rotatable bonds is 6. The largest absolute Gasteiger partial charge is 0.481 e. The molecule has 2 fully saturated rings. The zero-order valence-corrected chi connectivity index (χ0v) is 14.9. The van der Waals surface area contributed by atoms with Crippen LogP contribution in [0, 0.1) is 0 Å². The van der Waals surface area contributed by atoms with Crippen molar-refractivity contribution in [1.29, 1.82) is 0 Å². The van der Waals surface area contributed by atoms with E-state index in [1.165, 1.54) is 12.8 Å². The number of hydrogen-bond acceptors (Lipinski definition) is 7. The predicted molar refractivity (Wildman–Crippen MR) is 93.4 cm³/mol. The minimum absolute atomic E-state index is 0.535. The minimum atomic E-state index is 0.535. The Morgan fingerprint density at radius 1 is 1.16 bits per heavy atom. The maximum absolute atomic E-state index is 5.28. The zero-order chi connectivity index (χ0) is 17.2. The quantitative estimate of drug-likeness (QED) is 0.781. The summed E-state index contributed by atoms with van der Waals surface area (Å²) in [5.74, 6) is 1.64. The third-order valence-corrected chi connectivity index (χ3v) is 5.19. The van der Waals surface area contributed by atoms with Gasteiger partial charge in [0, 0.05) is 44.8 Å². The third kappa shape index (κ3) is 3.58. The molecule has 2 aromatic heterocycles. The Morgan fingerprint density at radius 3 is 2.56 bits per heavy atom. The maximum Gasteiger partial charge on any atom is 0.218 e. The van der Waals surface area contributed by atoms with Crippen molar-refractivity contribution >= 4 is 5.82 Å². The average molecular weight is 343 g/mol. The van der Waals surface area contributed by atoms with Crippen LogP contribution in [0.1, 0.15) is 31.4 Å². The molecular formula is C17H25N7O. The van der Waals surface area contributed by atoms with E-state index >= 15 is 0 Å². The molecule has 3 heterocycles. The molecule has 1 saturated carbocycles. The van der Waals surface area contributed by atoms with Gasteiger partial charge < -0.3 is 9.64 Å². The van der Waals surface area contributed by atoms with Crippen LogP contribution in [0.3, 0.4) is 0 Å². The van der Waals surface area contributed by atoms with Gasteiger partial charge in [0.25, 0.3) is 0 Å². The fourth-order valence-corrected chi connectivity index (χ4v) is 3.65. The lowest BCUT2D eigenvalue weighted by Gasteiger charge is -2.39. The summed E-state index contributed by atoms with van der Waals surface area (Å²) in [6.07, 6.45) is 8.27. The number of piperidine rings is 1. The van der Waals surface area contributed by atoms with Gasteiger partial charge in [-0.15, -0.1) is 5.10 Å². The molecule has 1 saturated heterocycles. The van der Waals surface area contributed by atoms with Crippen molar-refractivity contribution in [3.05, 3.63) is 24.3 Å². The van der Waals surface area contributed by atoms with Crippen molar-refractivity contribution in [2.45, 2.75) is 44.3 Å². The molecule has 134 valence electrons. The molecular weight excluding hydrogens is 318 g/mol. The molecule has 2 aromatic rings. The van der Waals surface area contributed by atoms with E-state index in [0.717, 1.165) is 44.0 Å². The molecule has 0 radical (unpaired) electrons. The van der Waals surface area contributed by atoms with E-state index in [-0.39, 0.29) is 0 Å². The zero-order valence-electron chi connectivity index (χ0n) is 14.9. The highest BCUT2D eigenvalue weighted by Gasteiger charge is 2.36. The molecule has 1 aliphatic heterocycles. The van der Waals surface area contributed by atoms with Crippen molar-refractivity contribution in [3.63, 3.8) is 0 Å². The highest BCUT2D eigenvalue weighted by molar-refractivity contribution is 5.45. The van der Waals surface area contributed by atoms with E-state index in [0.29, 0.717) is 18.0 Å². The molecule has 25 heavy (non-hydrogen) atoms. The van der Waals surface area contributed by atoms with Crippen molar-refractivity contribution in [1.82, 2.24) is 29.9 Å². The number of methoxy groups -OCH3 is 1. The first-order valence-corrected chi connectivity index (χ1v) is 8.95. The van der Waals surface area contributed by atoms with Crippen LogP contribution in [-0.4, -0.2) is 62.1 Å². The third-order valence-electron chi connectivity index (χ3n) is 5.19. The van der Waals surface area contributed by atoms with Crippen LogP contribution in [0.5, 0.6) is 5.88 Å². The Bertz CT molecular complexity index is 707. The molecule has 8 nitrogen and oxygen atoms in total. The Morgan fingerprint density at radius 2 is 1.92 bits per heavy atom. The summed E-state index contributed by atoms with van der Waals surface area (Å²) < 4.78 is 7.14. The van der Waals surface area contributed by atoms with E-state index in [2.05, 4.69) is 30.1 Å². The first-order chi connectivity index (χ1) is 12.2. The standard InChI is InChI=1S/C17H25N7O/c1-22-15(10-20-21-22)11-23-7-5-14(6-8-23)24(13-3-4-13)16-9-17(25-2)19-12-18-16/h9-10,12-14H,3-8,11H2,1-2H3. The molecule has 4 rings (SSSR count). The summed E-state index contributed by atoms with van der Waals surface area (Å²) in [6.45, 7) is 3.09. The molecule has 8 heteroatoms. The van der Waals surface area contributed by atoms with Crippen molar-refractivity contribution < 1.29 is 4.74 Å². The summed E-state index contributed by atoms with van der Waals surface area (Å²) >= 11 is 0.